The molecule has 1 heterocycles. The monoisotopic (exact) mass is 696 g/mol. The van der Waals surface area contributed by atoms with Gasteiger partial charge in [-0.25, -0.2) is 9.80 Å². The molecular formula is C41H29ClN2O7. The van der Waals surface area contributed by atoms with Gasteiger partial charge in [0.15, 0.2) is 5.78 Å². The van der Waals surface area contributed by atoms with E-state index in [9.17, 15) is 24.0 Å². The molecule has 0 N–H and O–H groups in total. The Labute approximate surface area is 297 Å². The summed E-state index contributed by atoms with van der Waals surface area (Å²) in [5, 5.41) is 1.91. The predicted octanol–water partition coefficient (Wildman–Crippen LogP) is 6.70. The second-order valence-corrected chi connectivity index (χ2v) is 13.1. The van der Waals surface area contributed by atoms with E-state index in [1.807, 2.05) is 48.5 Å². The lowest BCUT2D eigenvalue weighted by Crippen LogP contribution is -2.52. The fourth-order valence-electron chi connectivity index (χ4n) is 7.76. The van der Waals surface area contributed by atoms with Crippen LogP contribution in [0.5, 0.6) is 11.5 Å². The lowest BCUT2D eigenvalue weighted by Gasteiger charge is -2.45. The molecule has 4 aliphatic rings. The minimum atomic E-state index is -0.763. The maximum atomic E-state index is 14.6. The number of carbonyl (C=O) groups excluding carboxylic acids is 5. The van der Waals surface area contributed by atoms with Crippen molar-refractivity contribution in [3.8, 4) is 11.5 Å². The van der Waals surface area contributed by atoms with Gasteiger partial charge in [0.1, 0.15) is 18.0 Å². The third-order valence-corrected chi connectivity index (χ3v) is 10.3. The summed E-state index contributed by atoms with van der Waals surface area (Å²) in [6, 6.07) is 34.3. The average molecular weight is 697 g/mol. The van der Waals surface area contributed by atoms with E-state index in [-0.39, 0.29) is 27.5 Å². The molecule has 0 unspecified atom stereocenters. The van der Waals surface area contributed by atoms with E-state index >= 15 is 0 Å². The van der Waals surface area contributed by atoms with Crippen molar-refractivity contribution < 1.29 is 33.4 Å². The van der Waals surface area contributed by atoms with Gasteiger partial charge in [0.25, 0.3) is 17.7 Å². The topological polar surface area (TPSA) is 110 Å². The van der Waals surface area contributed by atoms with E-state index in [1.165, 1.54) is 43.5 Å². The van der Waals surface area contributed by atoms with Crippen molar-refractivity contribution in [2.45, 2.75) is 11.8 Å². The normalized spacial score (nSPS) is 19.5. The number of nitrogens with zero attached hydrogens (tertiary/aromatic N) is 2. The number of benzene rings is 5. The van der Waals surface area contributed by atoms with Crippen LogP contribution in [-0.2, 0) is 9.59 Å². The molecule has 0 spiro atoms. The Hall–Kier alpha value is -6.06. The van der Waals surface area contributed by atoms with Crippen molar-refractivity contribution in [2.75, 3.05) is 13.7 Å². The van der Waals surface area contributed by atoms with E-state index in [1.54, 1.807) is 36.4 Å². The van der Waals surface area contributed by atoms with Crippen LogP contribution in [0.4, 0.5) is 0 Å². The summed E-state index contributed by atoms with van der Waals surface area (Å²) in [6.45, 7) is -0.626. The van der Waals surface area contributed by atoms with Gasteiger partial charge >= 0.3 is 5.97 Å². The van der Waals surface area contributed by atoms with Crippen LogP contribution in [0.25, 0.3) is 0 Å². The molecule has 2 atom stereocenters. The summed E-state index contributed by atoms with van der Waals surface area (Å²) < 4.78 is 10.7. The maximum Gasteiger partial charge on any atom is 0.343 e. The summed E-state index contributed by atoms with van der Waals surface area (Å²) >= 11 is 6.45. The van der Waals surface area contributed by atoms with Crippen LogP contribution in [0.2, 0.25) is 5.02 Å². The number of hydrogen-bond donors (Lipinski definition) is 0. The predicted molar refractivity (Wildman–Crippen MR) is 187 cm³/mol. The van der Waals surface area contributed by atoms with Crippen LogP contribution in [0.1, 0.15) is 65.2 Å². The molecule has 2 bridgehead atoms. The Kier molecular flexibility index (Phi) is 8.00. The molecule has 0 radical (unpaired) electrons. The first-order chi connectivity index (χ1) is 24.8. The molecule has 1 fully saturated rings. The van der Waals surface area contributed by atoms with Crippen molar-refractivity contribution in [1.29, 1.82) is 0 Å². The van der Waals surface area contributed by atoms with Crippen molar-refractivity contribution in [3.05, 3.63) is 165 Å². The van der Waals surface area contributed by atoms with Gasteiger partial charge in [-0.1, -0.05) is 78.3 Å². The first-order valence-corrected chi connectivity index (χ1v) is 16.8. The lowest BCUT2D eigenvalue weighted by atomic mass is 9.55. The average Bonchev–Trinajstić information content (AvgIpc) is 3.43. The van der Waals surface area contributed by atoms with Gasteiger partial charge in [0.05, 0.1) is 35.1 Å². The highest BCUT2D eigenvalue weighted by Gasteiger charge is 2.63. The second kappa shape index (κ2) is 12.7. The van der Waals surface area contributed by atoms with Crippen LogP contribution in [0.15, 0.2) is 121 Å². The molecule has 5 aromatic rings. The molecule has 1 saturated heterocycles. The van der Waals surface area contributed by atoms with Crippen molar-refractivity contribution >= 4 is 41.1 Å². The zero-order chi connectivity index (χ0) is 35.4. The summed E-state index contributed by atoms with van der Waals surface area (Å²) in [5.41, 5.74) is 4.43. The molecule has 3 amide bonds. The maximum absolute atomic E-state index is 14.6. The van der Waals surface area contributed by atoms with E-state index in [0.29, 0.717) is 5.75 Å². The highest BCUT2D eigenvalue weighted by atomic mass is 35.5. The number of hydrazine groups is 1. The Balaban J connectivity index is 1.11. The number of halogens is 1. The second-order valence-electron chi connectivity index (χ2n) is 12.7. The number of carbonyl (C=O) groups is 5. The highest BCUT2D eigenvalue weighted by Crippen LogP contribution is 2.61. The molecule has 0 aromatic heterocycles. The number of ether oxygens (including phenoxy) is 2. The zero-order valence-corrected chi connectivity index (χ0v) is 27.9. The molecule has 10 heteroatoms. The molecule has 3 aliphatic carbocycles. The Morgan fingerprint density at radius 1 is 0.667 bits per heavy atom. The fraction of sp³-hybridized carbons (Fsp3) is 0.146. The van der Waals surface area contributed by atoms with Gasteiger partial charge in [-0.05, 0) is 76.9 Å². The SMILES string of the molecule is COc1cccc(C(=O)Oc2ccc(C(=O)CN(C(=O)c3ccccc3Cl)N3C(=O)[C@@H]4C5c6ccccc6C(c6ccccc65)[C@@H]4C3=O)cc2)c1. The van der Waals surface area contributed by atoms with Gasteiger partial charge in [-0.2, -0.15) is 5.01 Å². The van der Waals surface area contributed by atoms with Gasteiger partial charge in [-0.3, -0.25) is 19.2 Å². The molecule has 5 aromatic carbocycles. The van der Waals surface area contributed by atoms with Gasteiger partial charge in [0, 0.05) is 17.4 Å². The van der Waals surface area contributed by atoms with E-state index < -0.39 is 59.7 Å². The Morgan fingerprint density at radius 3 is 1.76 bits per heavy atom. The summed E-state index contributed by atoms with van der Waals surface area (Å²) in [7, 11) is 1.49. The largest absolute Gasteiger partial charge is 0.497 e. The smallest absolute Gasteiger partial charge is 0.343 e. The standard InChI is InChI=1S/C41H29ClN2O7/c1-50-26-10-8-9-24(21-26)41(49)51-25-19-17-23(18-20-25)33(45)22-43(38(46)31-15-6-7-16-32(31)42)44-39(47)36-34-27-11-2-3-12-28(27)35(37(36)40(44)48)30-14-5-4-13-29(30)34/h2-21,34-37H,22H2,1H3/t34?,35?,36-,37+. The van der Waals surface area contributed by atoms with Gasteiger partial charge in [-0.15, -0.1) is 0 Å². The van der Waals surface area contributed by atoms with E-state index in [2.05, 4.69) is 0 Å². The van der Waals surface area contributed by atoms with Crippen LogP contribution >= 0.6 is 11.6 Å². The quantitative estimate of drug-likeness (QED) is 0.0769. The molecule has 51 heavy (non-hydrogen) atoms. The minimum absolute atomic E-state index is 0.0387. The number of esters is 1. The zero-order valence-electron chi connectivity index (χ0n) is 27.2. The molecular weight excluding hydrogens is 668 g/mol. The third kappa shape index (κ3) is 5.28. The lowest BCUT2D eigenvalue weighted by molar-refractivity contribution is -0.154. The van der Waals surface area contributed by atoms with Gasteiger partial charge in [0.2, 0.25) is 0 Å². The third-order valence-electron chi connectivity index (χ3n) is 9.99. The summed E-state index contributed by atoms with van der Waals surface area (Å²) in [4.78, 5) is 70.0. The van der Waals surface area contributed by atoms with Crippen LogP contribution in [0, 0.1) is 11.8 Å². The fourth-order valence-corrected chi connectivity index (χ4v) is 7.98. The summed E-state index contributed by atoms with van der Waals surface area (Å²) in [6.07, 6.45) is 0. The van der Waals surface area contributed by atoms with Crippen LogP contribution < -0.4 is 9.47 Å². The van der Waals surface area contributed by atoms with Crippen LogP contribution in [-0.4, -0.2) is 53.1 Å². The van der Waals surface area contributed by atoms with Gasteiger partial charge < -0.3 is 9.47 Å². The molecule has 252 valence electrons. The number of ketones is 1. The number of methoxy groups -OCH3 is 1. The molecule has 0 saturated carbocycles. The first-order valence-electron chi connectivity index (χ1n) is 16.4. The molecule has 9 nitrogen and oxygen atoms in total. The first kappa shape index (κ1) is 32.2. The number of hydrogen-bond acceptors (Lipinski definition) is 7. The minimum Gasteiger partial charge on any atom is -0.497 e. The molecule has 9 rings (SSSR count). The summed E-state index contributed by atoms with van der Waals surface area (Å²) in [5.74, 6) is -4.65. The number of rotatable bonds is 8. The van der Waals surface area contributed by atoms with Crippen molar-refractivity contribution in [3.63, 3.8) is 0 Å². The highest BCUT2D eigenvalue weighted by molar-refractivity contribution is 6.34. The molecule has 1 aliphatic heterocycles. The number of amides is 3. The number of Topliss-reactive ketones (excluding diaryl/α,β-unsaturated/α-hetero) is 1. The van der Waals surface area contributed by atoms with E-state index in [0.717, 1.165) is 32.3 Å². The van der Waals surface area contributed by atoms with Crippen LogP contribution in [0.3, 0.4) is 0 Å². The van der Waals surface area contributed by atoms with E-state index in [4.69, 9.17) is 21.1 Å². The van der Waals surface area contributed by atoms with Crippen molar-refractivity contribution in [2.24, 2.45) is 11.8 Å². The Bertz CT molecular complexity index is 2150. The Morgan fingerprint density at radius 2 is 1.22 bits per heavy atom. The van der Waals surface area contributed by atoms with Crippen molar-refractivity contribution in [1.82, 2.24) is 10.0 Å². The number of imide groups is 1.